The summed E-state index contributed by atoms with van der Waals surface area (Å²) in [5.41, 5.74) is 28.1. The number of carbonyl (C=O) groups excluding carboxylic acids is 3. The summed E-state index contributed by atoms with van der Waals surface area (Å²) in [6.07, 6.45) is 10.8. The number of alkyl carbamates (subject to hydrolysis) is 2. The van der Waals surface area contributed by atoms with Crippen LogP contribution < -0.4 is 22.1 Å². The largest absolute Gasteiger partial charge is 0.444 e. The van der Waals surface area contributed by atoms with Crippen molar-refractivity contribution in [1.82, 2.24) is 10.6 Å². The Morgan fingerprint density at radius 2 is 0.940 bits per heavy atom. The van der Waals surface area contributed by atoms with E-state index in [0.717, 1.165) is 121 Å². The number of nitrogens with two attached hydrogens (primary N) is 2. The fourth-order valence-electron chi connectivity index (χ4n) is 11.0. The Labute approximate surface area is 531 Å². The summed E-state index contributed by atoms with van der Waals surface area (Å²) in [4.78, 5) is 34.8. The van der Waals surface area contributed by atoms with Crippen LogP contribution in [0.2, 0.25) is 0 Å². The van der Waals surface area contributed by atoms with Crippen molar-refractivity contribution in [3.05, 3.63) is 203 Å². The standard InChI is InChI=1S/C16H20N2O2.C14H18BrNO2.C9H8BrNO.2C9H10BrN.C9H7BrO/c1-10-11(9-17)5-6-13-12(10)7-8-14(13)18-15(19)20-16(2,3)4;1-14(2,3)18-13(17)16-12-7-4-9-8-10(15)5-6-11(9)12;10-7-2-3-8-6(5-7)1-4-9(8)11-12;3*10-7-2-3-8-6(5-7)1-4-9(8)11/h5-6,14H,7-8H2,1-4H3,(H,18,19);5-6,8,12H,4,7H2,1-3H3,(H,16,17);2-3,5,12H,1,4H2;2*2-3,5,9H,1,4,11H2;2-3,5H,1,4H2/b;;11-9+;;;/t14-;12-;;9-;;/m00.0../s1. The quantitative estimate of drug-likeness (QED) is 0.0826. The first-order valence-corrected chi connectivity index (χ1v) is 31.9. The van der Waals surface area contributed by atoms with E-state index >= 15 is 0 Å². The number of ether oxygens (including phenoxy) is 2. The van der Waals surface area contributed by atoms with E-state index in [4.69, 9.17) is 31.4 Å². The van der Waals surface area contributed by atoms with Gasteiger partial charge in [0.05, 0.1) is 29.4 Å². The molecule has 0 bridgehead atoms. The number of nitrogens with zero attached hydrogens (tertiary/aromatic N) is 2. The molecule has 0 saturated heterocycles. The van der Waals surface area contributed by atoms with Crippen molar-refractivity contribution in [1.29, 1.82) is 5.26 Å². The third kappa shape index (κ3) is 18.4. The topological polar surface area (TPSA) is 202 Å². The minimum atomic E-state index is -0.494. The number of benzene rings is 6. The SMILES string of the molecule is CC(C)(C)OC(=O)N[C@H]1CCc2cc(Br)ccc21.Cc1c(C#N)ccc2c1CC[C@@H]2NC(=O)OC(C)(C)C.NC1CCc2cc(Br)ccc21.N[C@H]1CCc2cc(Br)ccc21.O/N=C1\CCc2cc(Br)ccc21.O=C1CCc2cc(Br)ccc21. The molecule has 7 N–H and O–H groups in total. The molecule has 6 aromatic carbocycles. The van der Waals surface area contributed by atoms with Gasteiger partial charge in [-0.15, -0.1) is 0 Å². The number of hydrogen-bond donors (Lipinski definition) is 5. The molecule has 0 saturated carbocycles. The molecule has 0 spiro atoms. The van der Waals surface area contributed by atoms with Gasteiger partial charge in [-0.25, -0.2) is 9.59 Å². The number of carbonyl (C=O) groups is 3. The number of rotatable bonds is 2. The number of hydrogen-bond acceptors (Lipinski definition) is 10. The van der Waals surface area contributed by atoms with E-state index in [1.807, 2.05) is 97.0 Å². The molecule has 6 aliphatic carbocycles. The van der Waals surface area contributed by atoms with Gasteiger partial charge in [0.15, 0.2) is 5.78 Å². The Morgan fingerprint density at radius 1 is 0.542 bits per heavy atom. The van der Waals surface area contributed by atoms with Crippen LogP contribution >= 0.6 is 79.6 Å². The molecule has 438 valence electrons. The number of nitriles is 1. The number of oxime groups is 1. The van der Waals surface area contributed by atoms with Gasteiger partial charge in [-0.1, -0.05) is 121 Å². The third-order valence-electron chi connectivity index (χ3n) is 15.0. The van der Waals surface area contributed by atoms with Crippen LogP contribution in [0.1, 0.15) is 187 Å². The van der Waals surface area contributed by atoms with Crippen molar-refractivity contribution in [3.63, 3.8) is 0 Å². The zero-order valence-electron chi connectivity index (χ0n) is 48.0. The van der Waals surface area contributed by atoms with Gasteiger partial charge in [0.1, 0.15) is 11.2 Å². The highest BCUT2D eigenvalue weighted by Crippen LogP contribution is 2.37. The fraction of sp³-hybridized carbons (Fsp3) is 0.379. The Hall–Kier alpha value is -5.19. The molecule has 0 aliphatic heterocycles. The van der Waals surface area contributed by atoms with Crippen LogP contribution in [-0.2, 0) is 48.0 Å². The highest BCUT2D eigenvalue weighted by atomic mass is 79.9. The number of aryl methyl sites for hydroxylation is 5. The lowest BCUT2D eigenvalue weighted by molar-refractivity contribution is 0.0492. The summed E-state index contributed by atoms with van der Waals surface area (Å²) < 4.78 is 16.1. The van der Waals surface area contributed by atoms with Gasteiger partial charge in [-0.3, -0.25) is 4.79 Å². The fourth-order valence-corrected chi connectivity index (χ4v) is 13.0. The van der Waals surface area contributed by atoms with E-state index in [-0.39, 0.29) is 36.0 Å². The molecule has 2 amide bonds. The van der Waals surface area contributed by atoms with E-state index in [1.54, 1.807) is 0 Å². The first kappa shape index (κ1) is 65.4. The molecule has 17 heteroatoms. The van der Waals surface area contributed by atoms with Crippen molar-refractivity contribution in [3.8, 4) is 6.07 Å². The zero-order valence-corrected chi connectivity index (χ0v) is 56.0. The van der Waals surface area contributed by atoms with Crippen LogP contribution in [0.4, 0.5) is 9.59 Å². The van der Waals surface area contributed by atoms with Crippen LogP contribution in [-0.4, -0.2) is 40.1 Å². The molecule has 6 aliphatic rings. The number of fused-ring (bicyclic) bond motifs is 6. The van der Waals surface area contributed by atoms with Gasteiger partial charge in [-0.05, 0) is 247 Å². The van der Waals surface area contributed by atoms with Gasteiger partial charge >= 0.3 is 12.2 Å². The molecule has 4 atom stereocenters. The second kappa shape index (κ2) is 29.3. The molecule has 1 unspecified atom stereocenters. The lowest BCUT2D eigenvalue weighted by atomic mass is 9.99. The van der Waals surface area contributed by atoms with Crippen LogP contribution in [0, 0.1) is 18.3 Å². The summed E-state index contributed by atoms with van der Waals surface area (Å²) in [6.45, 7) is 13.1. The second-order valence-electron chi connectivity index (χ2n) is 23.3. The molecule has 12 nitrogen and oxygen atoms in total. The van der Waals surface area contributed by atoms with Gasteiger partial charge in [0, 0.05) is 52.0 Å². The van der Waals surface area contributed by atoms with E-state index in [2.05, 4.69) is 156 Å². The van der Waals surface area contributed by atoms with Crippen LogP contribution in [0.3, 0.4) is 0 Å². The summed E-state index contributed by atoms with van der Waals surface area (Å²) in [5.74, 6) is 0.285. The average molecular weight is 1450 g/mol. The average Bonchev–Trinajstić information content (AvgIpc) is 4.52. The summed E-state index contributed by atoms with van der Waals surface area (Å²) in [5, 5.41) is 26.8. The van der Waals surface area contributed by atoms with E-state index in [0.29, 0.717) is 12.0 Å². The Kier molecular flexibility index (Phi) is 23.0. The molecular formula is C66H73Br5N6O6. The predicted octanol–water partition coefficient (Wildman–Crippen LogP) is 17.3. The lowest BCUT2D eigenvalue weighted by Crippen LogP contribution is -2.34. The third-order valence-corrected chi connectivity index (χ3v) is 17.4. The van der Waals surface area contributed by atoms with E-state index in [9.17, 15) is 14.4 Å². The molecule has 0 radical (unpaired) electrons. The second-order valence-corrected chi connectivity index (χ2v) is 27.9. The highest BCUT2D eigenvalue weighted by molar-refractivity contribution is 9.11. The maximum atomic E-state index is 11.8. The normalized spacial score (nSPS) is 18.6. The maximum Gasteiger partial charge on any atom is 0.408 e. The molecule has 83 heavy (non-hydrogen) atoms. The highest BCUT2D eigenvalue weighted by Gasteiger charge is 2.29. The monoisotopic (exact) mass is 1440 g/mol. The first-order chi connectivity index (χ1) is 39.3. The number of nitrogens with one attached hydrogen (secondary N) is 2. The van der Waals surface area contributed by atoms with Crippen LogP contribution in [0.15, 0.2) is 131 Å². The Bertz CT molecular complexity index is 3360. The summed E-state index contributed by atoms with van der Waals surface area (Å²) in [7, 11) is 0. The van der Waals surface area contributed by atoms with Gasteiger partial charge in [-0.2, -0.15) is 5.26 Å². The molecular weight excluding hydrogens is 1370 g/mol. The molecule has 0 heterocycles. The summed E-state index contributed by atoms with van der Waals surface area (Å²) in [6, 6.07) is 37.3. The van der Waals surface area contributed by atoms with Crippen LogP contribution in [0.25, 0.3) is 0 Å². The molecule has 12 rings (SSSR count). The van der Waals surface area contributed by atoms with Crippen molar-refractivity contribution in [2.24, 2.45) is 16.6 Å². The van der Waals surface area contributed by atoms with Crippen molar-refractivity contribution >= 4 is 103 Å². The van der Waals surface area contributed by atoms with Gasteiger partial charge < -0.3 is 36.8 Å². The lowest BCUT2D eigenvalue weighted by Gasteiger charge is -2.22. The minimum absolute atomic E-state index is 0.0220. The van der Waals surface area contributed by atoms with Crippen molar-refractivity contribution in [2.45, 2.75) is 161 Å². The molecule has 6 aromatic rings. The van der Waals surface area contributed by atoms with Gasteiger partial charge in [0.25, 0.3) is 0 Å². The minimum Gasteiger partial charge on any atom is -0.444 e. The van der Waals surface area contributed by atoms with E-state index < -0.39 is 17.3 Å². The number of Topliss-reactive ketones (excluding diaryl/α,β-unsaturated/α-hetero) is 1. The van der Waals surface area contributed by atoms with E-state index in [1.165, 1.54) is 50.1 Å². The number of ketones is 1. The smallest absolute Gasteiger partial charge is 0.408 e. The van der Waals surface area contributed by atoms with Crippen molar-refractivity contribution in [2.75, 3.05) is 0 Å². The maximum absolute atomic E-state index is 11.8. The zero-order chi connectivity index (χ0) is 60.3. The molecule has 0 aromatic heterocycles. The Balaban J connectivity index is 0.000000146. The van der Waals surface area contributed by atoms with Gasteiger partial charge in [0.2, 0.25) is 0 Å². The summed E-state index contributed by atoms with van der Waals surface area (Å²) >= 11 is 17.1. The Morgan fingerprint density at radius 3 is 1.43 bits per heavy atom. The molecule has 0 fully saturated rings. The predicted molar refractivity (Wildman–Crippen MR) is 347 cm³/mol. The van der Waals surface area contributed by atoms with Crippen LogP contribution in [0.5, 0.6) is 0 Å². The van der Waals surface area contributed by atoms with Crippen molar-refractivity contribution < 1.29 is 29.1 Å². The number of amides is 2. The first-order valence-electron chi connectivity index (χ1n) is 28.0. The number of halogens is 5.